The number of fused-ring (bicyclic) bond motifs is 3. The number of hydrogen-bond acceptors (Lipinski definition) is 6. The topological polar surface area (TPSA) is 69.0 Å². The Morgan fingerprint density at radius 2 is 2.00 bits per heavy atom. The number of nitrogens with zero attached hydrogens (tertiary/aromatic N) is 4. The monoisotopic (exact) mass is 376 g/mol. The van der Waals surface area contributed by atoms with Gasteiger partial charge in [-0.1, -0.05) is 6.07 Å². The summed E-state index contributed by atoms with van der Waals surface area (Å²) in [5.41, 5.74) is 2.21. The number of hydrogen-bond donors (Lipinski definition) is 0. The van der Waals surface area contributed by atoms with Crippen LogP contribution in [0.3, 0.4) is 0 Å². The molecule has 1 aromatic carbocycles. The molecule has 0 saturated heterocycles. The highest BCUT2D eigenvalue weighted by Crippen LogP contribution is 2.31. The lowest BCUT2D eigenvalue weighted by Gasteiger charge is -2.11. The van der Waals surface area contributed by atoms with E-state index in [-0.39, 0.29) is 5.97 Å². The summed E-state index contributed by atoms with van der Waals surface area (Å²) >= 11 is 0. The van der Waals surface area contributed by atoms with E-state index in [2.05, 4.69) is 9.97 Å². The molecule has 4 aromatic rings. The van der Waals surface area contributed by atoms with Crippen molar-refractivity contribution in [2.75, 3.05) is 25.6 Å². The number of carbonyl (C=O) groups excluding carboxylic acids is 1. The number of anilines is 1. The van der Waals surface area contributed by atoms with Crippen molar-refractivity contribution in [2.24, 2.45) is 0 Å². The average molecular weight is 376 g/mol. The Bertz CT molecular complexity index is 1170. The number of aromatic nitrogens is 3. The summed E-state index contributed by atoms with van der Waals surface area (Å²) in [7, 11) is 3.74. The lowest BCUT2D eigenvalue weighted by molar-refractivity contribution is 0.0531. The highest BCUT2D eigenvalue weighted by molar-refractivity contribution is 6.11. The first kappa shape index (κ1) is 17.8. The molecule has 0 aliphatic heterocycles. The molecule has 142 valence electrons. The van der Waals surface area contributed by atoms with Gasteiger partial charge in [0.05, 0.1) is 23.2 Å². The summed E-state index contributed by atoms with van der Waals surface area (Å²) < 4.78 is 13.2. The van der Waals surface area contributed by atoms with Gasteiger partial charge in [0, 0.05) is 44.0 Å². The van der Waals surface area contributed by atoms with Gasteiger partial charge in [-0.3, -0.25) is 0 Å². The fourth-order valence-electron chi connectivity index (χ4n) is 3.12. The van der Waals surface area contributed by atoms with Gasteiger partial charge in [-0.25, -0.2) is 9.78 Å². The zero-order chi connectivity index (χ0) is 19.7. The minimum Gasteiger partial charge on any atom is -0.462 e. The summed E-state index contributed by atoms with van der Waals surface area (Å²) in [6.45, 7) is 2.13. The van der Waals surface area contributed by atoms with Crippen LogP contribution in [0.5, 0.6) is 11.6 Å². The molecule has 0 radical (unpaired) electrons. The summed E-state index contributed by atoms with van der Waals surface area (Å²) in [5.74, 6) is 1.30. The van der Waals surface area contributed by atoms with Crippen molar-refractivity contribution in [1.82, 2.24) is 14.4 Å². The Balaban J connectivity index is 1.80. The van der Waals surface area contributed by atoms with Crippen molar-refractivity contribution in [3.63, 3.8) is 0 Å². The molecule has 7 nitrogen and oxygen atoms in total. The van der Waals surface area contributed by atoms with Crippen molar-refractivity contribution in [2.45, 2.75) is 6.92 Å². The zero-order valence-electron chi connectivity index (χ0n) is 15.9. The lowest BCUT2D eigenvalue weighted by atomic mass is 10.1. The molecule has 7 heteroatoms. The Kier molecular flexibility index (Phi) is 4.57. The number of pyridine rings is 1. The maximum Gasteiger partial charge on any atom is 0.340 e. The summed E-state index contributed by atoms with van der Waals surface area (Å²) in [4.78, 5) is 22.9. The van der Waals surface area contributed by atoms with Gasteiger partial charge in [0.2, 0.25) is 11.8 Å². The third-order valence-electron chi connectivity index (χ3n) is 4.33. The Labute approximate surface area is 162 Å². The fraction of sp³-hybridized carbons (Fsp3) is 0.190. The number of rotatable bonds is 5. The normalized spacial score (nSPS) is 11.0. The Morgan fingerprint density at radius 1 is 1.14 bits per heavy atom. The lowest BCUT2D eigenvalue weighted by Crippen LogP contribution is -2.12. The predicted molar refractivity (Wildman–Crippen MR) is 107 cm³/mol. The minimum atomic E-state index is -0.332. The van der Waals surface area contributed by atoms with E-state index in [0.717, 1.165) is 16.4 Å². The van der Waals surface area contributed by atoms with Gasteiger partial charge >= 0.3 is 5.97 Å². The molecular formula is C21H20N4O3. The first-order valence-electron chi connectivity index (χ1n) is 8.96. The molecule has 0 N–H and O–H groups in total. The van der Waals surface area contributed by atoms with Crippen LogP contribution < -0.4 is 9.64 Å². The quantitative estimate of drug-likeness (QED) is 0.492. The van der Waals surface area contributed by atoms with Gasteiger partial charge in [0.1, 0.15) is 5.75 Å². The van der Waals surface area contributed by atoms with Crippen LogP contribution in [0.1, 0.15) is 17.3 Å². The molecule has 0 fully saturated rings. The molecule has 0 atom stereocenters. The van der Waals surface area contributed by atoms with Crippen LogP contribution in [0.25, 0.3) is 16.4 Å². The van der Waals surface area contributed by atoms with Crippen molar-refractivity contribution in [3.8, 4) is 11.6 Å². The zero-order valence-corrected chi connectivity index (χ0v) is 15.9. The molecule has 3 aromatic heterocycles. The maximum absolute atomic E-state index is 12.5. The van der Waals surface area contributed by atoms with E-state index in [0.29, 0.717) is 29.7 Å². The van der Waals surface area contributed by atoms with Gasteiger partial charge in [-0.15, -0.1) is 0 Å². The second-order valence-corrected chi connectivity index (χ2v) is 6.42. The van der Waals surface area contributed by atoms with E-state index < -0.39 is 0 Å². The van der Waals surface area contributed by atoms with Crippen molar-refractivity contribution >= 4 is 28.3 Å². The maximum atomic E-state index is 12.5. The van der Waals surface area contributed by atoms with E-state index in [1.54, 1.807) is 19.2 Å². The smallest absolute Gasteiger partial charge is 0.340 e. The van der Waals surface area contributed by atoms with E-state index >= 15 is 0 Å². The summed E-state index contributed by atoms with van der Waals surface area (Å²) in [6, 6.07) is 13.0. The molecular weight excluding hydrogens is 356 g/mol. The molecule has 3 heterocycles. The van der Waals surface area contributed by atoms with Gasteiger partial charge in [-0.05, 0) is 31.2 Å². The Morgan fingerprint density at radius 3 is 2.79 bits per heavy atom. The summed E-state index contributed by atoms with van der Waals surface area (Å²) in [6.07, 6.45) is 3.57. The highest BCUT2D eigenvalue weighted by Gasteiger charge is 2.19. The molecule has 0 spiro atoms. The third-order valence-corrected chi connectivity index (χ3v) is 4.33. The fourth-order valence-corrected chi connectivity index (χ4v) is 3.12. The molecule has 0 aliphatic rings. The molecule has 4 rings (SSSR count). The van der Waals surface area contributed by atoms with E-state index in [9.17, 15) is 4.79 Å². The first-order chi connectivity index (χ1) is 13.6. The SMILES string of the molecule is CCOC(=O)c1c2ccc(Oc3ccnc(N(C)C)n3)cc2n2ccccc12. The largest absolute Gasteiger partial charge is 0.462 e. The van der Waals surface area contributed by atoms with Gasteiger partial charge < -0.3 is 18.8 Å². The third kappa shape index (κ3) is 3.11. The average Bonchev–Trinajstić information content (AvgIpc) is 3.02. The molecule has 28 heavy (non-hydrogen) atoms. The Hall–Kier alpha value is -3.61. The number of carbonyl (C=O) groups is 1. The highest BCUT2D eigenvalue weighted by atomic mass is 16.5. The molecule has 0 amide bonds. The van der Waals surface area contributed by atoms with Crippen LogP contribution >= 0.6 is 0 Å². The van der Waals surface area contributed by atoms with Crippen LogP contribution in [0.2, 0.25) is 0 Å². The van der Waals surface area contributed by atoms with E-state index in [4.69, 9.17) is 9.47 Å². The van der Waals surface area contributed by atoms with Gasteiger partial charge in [0.25, 0.3) is 0 Å². The number of ether oxygens (including phenoxy) is 2. The summed E-state index contributed by atoms with van der Waals surface area (Å²) in [5, 5.41) is 0.814. The van der Waals surface area contributed by atoms with Crippen molar-refractivity contribution in [3.05, 3.63) is 60.4 Å². The standard InChI is InChI=1S/C21H20N4O3/c1-4-27-20(26)19-15-9-8-14(13-17(15)25-12-6-5-7-16(19)25)28-18-10-11-22-21(23-18)24(2)3/h5-13H,4H2,1-3H3. The first-order valence-corrected chi connectivity index (χ1v) is 8.96. The van der Waals surface area contributed by atoms with Crippen LogP contribution in [0, 0.1) is 0 Å². The number of benzene rings is 1. The van der Waals surface area contributed by atoms with Gasteiger partial charge in [0.15, 0.2) is 0 Å². The molecule has 0 aliphatic carbocycles. The minimum absolute atomic E-state index is 0.327. The number of esters is 1. The van der Waals surface area contributed by atoms with Crippen molar-refractivity contribution < 1.29 is 14.3 Å². The predicted octanol–water partition coefficient (Wildman–Crippen LogP) is 3.92. The van der Waals surface area contributed by atoms with Crippen LogP contribution in [-0.4, -0.2) is 41.0 Å². The molecule has 0 bridgehead atoms. The van der Waals surface area contributed by atoms with Crippen LogP contribution in [0.15, 0.2) is 54.9 Å². The van der Waals surface area contributed by atoms with E-state index in [1.807, 2.05) is 66.0 Å². The molecule has 0 unspecified atom stereocenters. The van der Waals surface area contributed by atoms with Crippen molar-refractivity contribution in [1.29, 1.82) is 0 Å². The second kappa shape index (κ2) is 7.19. The second-order valence-electron chi connectivity index (χ2n) is 6.42. The van der Waals surface area contributed by atoms with Gasteiger partial charge in [-0.2, -0.15) is 4.98 Å². The van der Waals surface area contributed by atoms with Crippen LogP contribution in [-0.2, 0) is 4.74 Å². The van der Waals surface area contributed by atoms with Crippen LogP contribution in [0.4, 0.5) is 5.95 Å². The van der Waals surface area contributed by atoms with E-state index in [1.165, 1.54) is 0 Å². The molecule has 0 saturated carbocycles.